The molecule has 1 N–H and O–H groups in total. The number of hydrogen-bond acceptors (Lipinski definition) is 3. The molecule has 0 aromatic heterocycles. The van der Waals surface area contributed by atoms with Crippen molar-refractivity contribution >= 4 is 11.8 Å². The molecule has 1 aliphatic carbocycles. The number of rotatable bonds is 7. The highest BCUT2D eigenvalue weighted by molar-refractivity contribution is 5.94. The van der Waals surface area contributed by atoms with Gasteiger partial charge in [-0.05, 0) is 73.8 Å². The second-order valence-corrected chi connectivity index (χ2v) is 8.79. The first-order valence-corrected chi connectivity index (χ1v) is 11.3. The molecule has 2 aliphatic rings. The largest absolute Gasteiger partial charge is 0.353 e. The Morgan fingerprint density at radius 3 is 2.39 bits per heavy atom. The second-order valence-electron chi connectivity index (χ2n) is 8.79. The Morgan fingerprint density at radius 1 is 1.00 bits per heavy atom. The van der Waals surface area contributed by atoms with Gasteiger partial charge in [0.1, 0.15) is 0 Å². The second kappa shape index (κ2) is 9.78. The molecule has 2 fully saturated rings. The van der Waals surface area contributed by atoms with Crippen LogP contribution in [0.4, 0.5) is 0 Å². The standard InChI is InChI=1S/C26H29N3O2/c27-18-22-2-1-3-23(17-22)26(31)29-14-12-21(13-15-29)16-20-6-4-19(5-7-20)8-11-25(30)28-24-9-10-24/h1-7,17,21,24H,8-16H2,(H,28,30). The molecular formula is C26H29N3O2. The SMILES string of the molecule is N#Cc1cccc(C(=O)N2CCC(Cc3ccc(CCC(=O)NC4CC4)cc3)CC2)c1. The van der Waals surface area contributed by atoms with Gasteiger partial charge in [0.15, 0.2) is 0 Å². The molecule has 31 heavy (non-hydrogen) atoms. The van der Waals surface area contributed by atoms with Gasteiger partial charge >= 0.3 is 0 Å². The van der Waals surface area contributed by atoms with Gasteiger partial charge in [-0.2, -0.15) is 5.26 Å². The molecule has 0 bridgehead atoms. The number of piperidine rings is 1. The Bertz CT molecular complexity index is 965. The van der Waals surface area contributed by atoms with E-state index >= 15 is 0 Å². The third-order valence-electron chi connectivity index (χ3n) is 6.27. The minimum Gasteiger partial charge on any atom is -0.353 e. The zero-order chi connectivity index (χ0) is 21.6. The summed E-state index contributed by atoms with van der Waals surface area (Å²) in [7, 11) is 0. The van der Waals surface area contributed by atoms with Crippen molar-refractivity contribution in [3.8, 4) is 6.07 Å². The van der Waals surface area contributed by atoms with Crippen LogP contribution in [0.5, 0.6) is 0 Å². The number of carbonyl (C=O) groups excluding carboxylic acids is 2. The molecule has 2 aromatic rings. The first-order valence-electron chi connectivity index (χ1n) is 11.3. The van der Waals surface area contributed by atoms with Crippen LogP contribution in [0.2, 0.25) is 0 Å². The predicted molar refractivity (Wildman–Crippen MR) is 119 cm³/mol. The summed E-state index contributed by atoms with van der Waals surface area (Å²) in [5.41, 5.74) is 3.64. The third-order valence-corrected chi connectivity index (χ3v) is 6.27. The van der Waals surface area contributed by atoms with Crippen LogP contribution in [0.25, 0.3) is 0 Å². The van der Waals surface area contributed by atoms with E-state index in [0.29, 0.717) is 29.5 Å². The summed E-state index contributed by atoms with van der Waals surface area (Å²) >= 11 is 0. The summed E-state index contributed by atoms with van der Waals surface area (Å²) in [6.45, 7) is 1.52. The summed E-state index contributed by atoms with van der Waals surface area (Å²) in [6, 6.07) is 18.1. The number of aryl methyl sites for hydroxylation is 1. The van der Waals surface area contributed by atoms with E-state index in [9.17, 15) is 9.59 Å². The zero-order valence-corrected chi connectivity index (χ0v) is 17.8. The fourth-order valence-corrected chi connectivity index (χ4v) is 4.21. The normalized spacial score (nSPS) is 16.5. The number of nitrogens with one attached hydrogen (secondary N) is 1. The molecule has 0 atom stereocenters. The van der Waals surface area contributed by atoms with Crippen molar-refractivity contribution in [2.45, 2.75) is 51.0 Å². The Labute approximate surface area is 184 Å². The van der Waals surface area contributed by atoms with Gasteiger partial charge in [0, 0.05) is 31.1 Å². The molecule has 0 radical (unpaired) electrons. The fourth-order valence-electron chi connectivity index (χ4n) is 4.21. The lowest BCUT2D eigenvalue weighted by Gasteiger charge is -2.32. The Balaban J connectivity index is 1.22. The van der Waals surface area contributed by atoms with Gasteiger partial charge in [0.25, 0.3) is 5.91 Å². The smallest absolute Gasteiger partial charge is 0.253 e. The van der Waals surface area contributed by atoms with Crippen LogP contribution in [-0.2, 0) is 17.6 Å². The minimum absolute atomic E-state index is 0.0191. The van der Waals surface area contributed by atoms with E-state index in [0.717, 1.165) is 51.6 Å². The monoisotopic (exact) mass is 415 g/mol. The van der Waals surface area contributed by atoms with Crippen LogP contribution < -0.4 is 5.32 Å². The first-order chi connectivity index (χ1) is 15.1. The first kappa shape index (κ1) is 21.1. The van der Waals surface area contributed by atoms with Crippen molar-refractivity contribution in [3.63, 3.8) is 0 Å². The fraction of sp³-hybridized carbons (Fsp3) is 0.423. The molecule has 2 aromatic carbocycles. The van der Waals surface area contributed by atoms with Crippen molar-refractivity contribution in [1.82, 2.24) is 10.2 Å². The molecule has 2 amide bonds. The Hall–Kier alpha value is -3.13. The Kier molecular flexibility index (Phi) is 6.66. The van der Waals surface area contributed by atoms with Crippen LogP contribution in [0.1, 0.15) is 59.2 Å². The van der Waals surface area contributed by atoms with E-state index in [1.165, 1.54) is 11.1 Å². The molecule has 1 heterocycles. The predicted octanol–water partition coefficient (Wildman–Crippen LogP) is 3.86. The number of likely N-dealkylation sites (tertiary alicyclic amines) is 1. The molecule has 1 saturated heterocycles. The van der Waals surface area contributed by atoms with E-state index in [1.54, 1.807) is 24.3 Å². The maximum atomic E-state index is 12.7. The number of amides is 2. The third kappa shape index (κ3) is 5.95. The average Bonchev–Trinajstić information content (AvgIpc) is 3.62. The molecule has 0 unspecified atom stereocenters. The van der Waals surface area contributed by atoms with Crippen LogP contribution >= 0.6 is 0 Å². The van der Waals surface area contributed by atoms with Gasteiger partial charge in [0.05, 0.1) is 11.6 Å². The molecular weight excluding hydrogens is 386 g/mol. The van der Waals surface area contributed by atoms with E-state index < -0.39 is 0 Å². The maximum Gasteiger partial charge on any atom is 0.253 e. The van der Waals surface area contributed by atoms with Crippen LogP contribution in [0.15, 0.2) is 48.5 Å². The number of nitriles is 1. The van der Waals surface area contributed by atoms with Crippen molar-refractivity contribution in [3.05, 3.63) is 70.8 Å². The molecule has 1 aliphatic heterocycles. The molecule has 4 rings (SSSR count). The van der Waals surface area contributed by atoms with E-state index in [4.69, 9.17) is 5.26 Å². The number of nitrogens with zero attached hydrogens (tertiary/aromatic N) is 2. The average molecular weight is 416 g/mol. The van der Waals surface area contributed by atoms with Crippen molar-refractivity contribution in [2.24, 2.45) is 5.92 Å². The maximum absolute atomic E-state index is 12.7. The van der Waals surface area contributed by atoms with Crippen molar-refractivity contribution < 1.29 is 9.59 Å². The highest BCUT2D eigenvalue weighted by Crippen LogP contribution is 2.24. The van der Waals surface area contributed by atoms with Crippen LogP contribution in [-0.4, -0.2) is 35.8 Å². The molecule has 5 heteroatoms. The van der Waals surface area contributed by atoms with Gasteiger partial charge in [-0.1, -0.05) is 30.3 Å². The van der Waals surface area contributed by atoms with Crippen molar-refractivity contribution in [2.75, 3.05) is 13.1 Å². The molecule has 5 nitrogen and oxygen atoms in total. The van der Waals surface area contributed by atoms with Gasteiger partial charge in [-0.25, -0.2) is 0 Å². The van der Waals surface area contributed by atoms with E-state index in [2.05, 4.69) is 35.7 Å². The van der Waals surface area contributed by atoms with Gasteiger partial charge < -0.3 is 10.2 Å². The quantitative estimate of drug-likeness (QED) is 0.746. The topological polar surface area (TPSA) is 73.2 Å². The highest BCUT2D eigenvalue weighted by Gasteiger charge is 2.24. The van der Waals surface area contributed by atoms with E-state index in [1.807, 2.05) is 4.90 Å². The van der Waals surface area contributed by atoms with Gasteiger partial charge in [-0.15, -0.1) is 0 Å². The molecule has 1 saturated carbocycles. The summed E-state index contributed by atoms with van der Waals surface area (Å²) in [5.74, 6) is 0.752. The lowest BCUT2D eigenvalue weighted by molar-refractivity contribution is -0.121. The highest BCUT2D eigenvalue weighted by atomic mass is 16.2. The lowest BCUT2D eigenvalue weighted by atomic mass is 9.89. The number of carbonyl (C=O) groups is 2. The summed E-state index contributed by atoms with van der Waals surface area (Å²) < 4.78 is 0. The molecule has 160 valence electrons. The minimum atomic E-state index is 0.0191. The lowest BCUT2D eigenvalue weighted by Crippen LogP contribution is -2.38. The summed E-state index contributed by atoms with van der Waals surface area (Å²) in [4.78, 5) is 26.5. The number of benzene rings is 2. The number of hydrogen-bond donors (Lipinski definition) is 1. The van der Waals surface area contributed by atoms with Gasteiger partial charge in [-0.3, -0.25) is 9.59 Å². The van der Waals surface area contributed by atoms with Crippen molar-refractivity contribution in [1.29, 1.82) is 5.26 Å². The summed E-state index contributed by atoms with van der Waals surface area (Å²) in [5, 5.41) is 12.1. The van der Waals surface area contributed by atoms with E-state index in [-0.39, 0.29) is 11.8 Å². The van der Waals surface area contributed by atoms with Crippen LogP contribution in [0, 0.1) is 17.2 Å². The molecule has 0 spiro atoms. The van der Waals surface area contributed by atoms with Gasteiger partial charge in [0.2, 0.25) is 5.91 Å². The zero-order valence-electron chi connectivity index (χ0n) is 17.8. The van der Waals surface area contributed by atoms with Crippen LogP contribution in [0.3, 0.4) is 0 Å². The summed E-state index contributed by atoms with van der Waals surface area (Å²) in [6.07, 6.45) is 6.60. The Morgan fingerprint density at radius 2 is 1.71 bits per heavy atom.